The predicted molar refractivity (Wildman–Crippen MR) is 67.9 cm³/mol. The van der Waals surface area contributed by atoms with Crippen LogP contribution in [0, 0.1) is 0 Å². The maximum Gasteiger partial charge on any atom is 0.328 e. The second-order valence-electron chi connectivity index (χ2n) is 3.52. The Morgan fingerprint density at radius 1 is 1.33 bits per heavy atom. The van der Waals surface area contributed by atoms with E-state index in [1.165, 1.54) is 21.1 Å². The molecule has 0 bridgehead atoms. The van der Waals surface area contributed by atoms with E-state index in [4.69, 9.17) is 16.3 Å². The number of alkyl halides is 1. The Balaban J connectivity index is 3.13. The van der Waals surface area contributed by atoms with Crippen molar-refractivity contribution in [1.29, 1.82) is 0 Å². The molecule has 1 aromatic carbocycles. The third-order valence-electron chi connectivity index (χ3n) is 2.23. The molecule has 1 rings (SSSR count). The molecule has 0 aliphatic rings. The minimum Gasteiger partial charge on any atom is -0.496 e. The molecule has 1 aromatic rings. The van der Waals surface area contributed by atoms with Gasteiger partial charge in [0, 0.05) is 18.2 Å². The average Bonchev–Trinajstić information content (AvgIpc) is 2.36. The zero-order valence-electron chi connectivity index (χ0n) is 10.3. The van der Waals surface area contributed by atoms with Crippen molar-refractivity contribution in [3.05, 3.63) is 23.8 Å². The molecule has 0 aliphatic heterocycles. The molecule has 1 atom stereocenters. The first-order valence-corrected chi connectivity index (χ1v) is 5.60. The van der Waals surface area contributed by atoms with Gasteiger partial charge in [-0.3, -0.25) is 9.59 Å². The third-order valence-corrected chi connectivity index (χ3v) is 2.64. The van der Waals surface area contributed by atoms with Crippen molar-refractivity contribution in [3.63, 3.8) is 0 Å². The van der Waals surface area contributed by atoms with Crippen LogP contribution < -0.4 is 10.1 Å². The molecule has 1 amide bonds. The number of rotatable bonds is 4. The van der Waals surface area contributed by atoms with Crippen LogP contribution in [0.1, 0.15) is 17.9 Å². The number of benzene rings is 1. The number of halogens is 1. The summed E-state index contributed by atoms with van der Waals surface area (Å²) in [6.07, 6.45) is 0. The van der Waals surface area contributed by atoms with Crippen molar-refractivity contribution < 1.29 is 19.1 Å². The smallest absolute Gasteiger partial charge is 0.328 e. The number of carbonyl (C=O) groups is 2. The SMILES string of the molecule is COC(=O)C(Cl)c1cc(NC(C)=O)ccc1OC. The van der Waals surface area contributed by atoms with Gasteiger partial charge in [0.1, 0.15) is 5.75 Å². The van der Waals surface area contributed by atoms with Crippen molar-refractivity contribution in [2.24, 2.45) is 0 Å². The number of methoxy groups -OCH3 is 2. The standard InChI is InChI=1S/C12H14ClNO4/c1-7(15)14-8-4-5-10(17-2)9(6-8)11(13)12(16)18-3/h4-6,11H,1-3H3,(H,14,15). The molecule has 5 nitrogen and oxygen atoms in total. The maximum atomic E-state index is 11.4. The van der Waals surface area contributed by atoms with Gasteiger partial charge in [0.25, 0.3) is 0 Å². The highest BCUT2D eigenvalue weighted by Crippen LogP contribution is 2.32. The molecule has 0 saturated carbocycles. The van der Waals surface area contributed by atoms with E-state index in [2.05, 4.69) is 10.1 Å². The summed E-state index contributed by atoms with van der Waals surface area (Å²) >= 11 is 5.98. The Morgan fingerprint density at radius 3 is 2.50 bits per heavy atom. The van der Waals surface area contributed by atoms with Crippen LogP contribution in [0.25, 0.3) is 0 Å². The highest BCUT2D eigenvalue weighted by Gasteiger charge is 2.22. The van der Waals surface area contributed by atoms with Crippen LogP contribution in [0.5, 0.6) is 5.75 Å². The Kier molecular flexibility index (Phi) is 4.97. The highest BCUT2D eigenvalue weighted by molar-refractivity contribution is 6.30. The average molecular weight is 272 g/mol. The predicted octanol–water partition coefficient (Wildman–Crippen LogP) is 2.11. The number of hydrogen-bond acceptors (Lipinski definition) is 4. The van der Waals surface area contributed by atoms with Crippen molar-refractivity contribution in [1.82, 2.24) is 0 Å². The quantitative estimate of drug-likeness (QED) is 0.673. The van der Waals surface area contributed by atoms with E-state index in [9.17, 15) is 9.59 Å². The first-order valence-electron chi connectivity index (χ1n) is 5.17. The Morgan fingerprint density at radius 2 is 2.00 bits per heavy atom. The second-order valence-corrected chi connectivity index (χ2v) is 3.96. The van der Waals surface area contributed by atoms with Crippen molar-refractivity contribution in [2.45, 2.75) is 12.3 Å². The lowest BCUT2D eigenvalue weighted by Crippen LogP contribution is -2.11. The molecule has 1 N–H and O–H groups in total. The molecule has 0 saturated heterocycles. The van der Waals surface area contributed by atoms with Crippen LogP contribution in [0.15, 0.2) is 18.2 Å². The molecule has 0 aromatic heterocycles. The summed E-state index contributed by atoms with van der Waals surface area (Å²) in [7, 11) is 2.72. The van der Waals surface area contributed by atoms with E-state index in [1.807, 2.05) is 0 Å². The van der Waals surface area contributed by atoms with Crippen LogP contribution >= 0.6 is 11.6 Å². The normalized spacial score (nSPS) is 11.6. The van der Waals surface area contributed by atoms with Gasteiger partial charge in [0.15, 0.2) is 5.38 Å². The van der Waals surface area contributed by atoms with Crippen molar-refractivity contribution in [3.8, 4) is 5.75 Å². The van der Waals surface area contributed by atoms with E-state index in [-0.39, 0.29) is 5.91 Å². The summed E-state index contributed by atoms with van der Waals surface area (Å²) in [5.74, 6) is -0.347. The Labute approximate surface area is 110 Å². The van der Waals surface area contributed by atoms with E-state index >= 15 is 0 Å². The Hall–Kier alpha value is -1.75. The van der Waals surface area contributed by atoms with Gasteiger partial charge < -0.3 is 14.8 Å². The molecular weight excluding hydrogens is 258 g/mol. The fourth-order valence-corrected chi connectivity index (χ4v) is 1.70. The number of anilines is 1. The van der Waals surface area contributed by atoms with Crippen molar-refractivity contribution >= 4 is 29.2 Å². The van der Waals surface area contributed by atoms with Gasteiger partial charge in [-0.1, -0.05) is 0 Å². The minimum absolute atomic E-state index is 0.213. The molecule has 0 heterocycles. The number of hydrogen-bond donors (Lipinski definition) is 1. The number of nitrogens with one attached hydrogen (secondary N) is 1. The summed E-state index contributed by atoms with van der Waals surface area (Å²) in [4.78, 5) is 22.4. The minimum atomic E-state index is -0.987. The van der Waals surface area contributed by atoms with Crippen LogP contribution in [0.2, 0.25) is 0 Å². The van der Waals surface area contributed by atoms with Gasteiger partial charge in [-0.25, -0.2) is 0 Å². The second kappa shape index (κ2) is 6.26. The lowest BCUT2D eigenvalue weighted by atomic mass is 10.1. The molecule has 0 radical (unpaired) electrons. The summed E-state index contributed by atoms with van der Waals surface area (Å²) in [5.41, 5.74) is 0.977. The molecule has 18 heavy (non-hydrogen) atoms. The molecule has 0 spiro atoms. The summed E-state index contributed by atoms with van der Waals surface area (Å²) in [5, 5.41) is 1.62. The van der Waals surface area contributed by atoms with E-state index in [0.717, 1.165) is 0 Å². The maximum absolute atomic E-state index is 11.4. The van der Waals surface area contributed by atoms with Gasteiger partial charge >= 0.3 is 5.97 Å². The topological polar surface area (TPSA) is 64.6 Å². The lowest BCUT2D eigenvalue weighted by Gasteiger charge is -2.14. The van der Waals surface area contributed by atoms with Gasteiger partial charge in [-0.2, -0.15) is 0 Å². The van der Waals surface area contributed by atoms with Gasteiger partial charge in [0.05, 0.1) is 14.2 Å². The first kappa shape index (κ1) is 14.3. The van der Waals surface area contributed by atoms with Crippen LogP contribution in [-0.2, 0) is 14.3 Å². The molecule has 98 valence electrons. The van der Waals surface area contributed by atoms with E-state index in [1.54, 1.807) is 18.2 Å². The van der Waals surface area contributed by atoms with Crippen molar-refractivity contribution in [2.75, 3.05) is 19.5 Å². The Bertz CT molecular complexity index is 461. The van der Waals surface area contributed by atoms with E-state index in [0.29, 0.717) is 17.0 Å². The lowest BCUT2D eigenvalue weighted by molar-refractivity contribution is -0.140. The van der Waals surface area contributed by atoms with Crippen LogP contribution in [0.3, 0.4) is 0 Å². The molecular formula is C12H14ClNO4. The van der Waals surface area contributed by atoms with Gasteiger partial charge in [-0.15, -0.1) is 11.6 Å². The molecule has 6 heteroatoms. The summed E-state index contributed by atoms with van der Waals surface area (Å²) in [6.45, 7) is 1.39. The molecule has 1 unspecified atom stereocenters. The first-order chi connectivity index (χ1) is 8.49. The fourth-order valence-electron chi connectivity index (χ4n) is 1.44. The zero-order valence-corrected chi connectivity index (χ0v) is 11.1. The largest absolute Gasteiger partial charge is 0.496 e. The molecule has 0 fully saturated rings. The molecule has 0 aliphatic carbocycles. The summed E-state index contributed by atoms with van der Waals surface area (Å²) < 4.78 is 9.69. The van der Waals surface area contributed by atoms with Crippen LogP contribution in [0.4, 0.5) is 5.69 Å². The highest BCUT2D eigenvalue weighted by atomic mass is 35.5. The van der Waals surface area contributed by atoms with E-state index < -0.39 is 11.3 Å². The summed E-state index contributed by atoms with van der Waals surface area (Å²) in [6, 6.07) is 4.86. The number of esters is 1. The monoisotopic (exact) mass is 271 g/mol. The number of ether oxygens (including phenoxy) is 2. The third kappa shape index (κ3) is 3.37. The fraction of sp³-hybridized carbons (Fsp3) is 0.333. The van der Waals surface area contributed by atoms with Gasteiger partial charge in [-0.05, 0) is 18.2 Å². The number of carbonyl (C=O) groups excluding carboxylic acids is 2. The van der Waals surface area contributed by atoms with Crippen LogP contribution in [-0.4, -0.2) is 26.1 Å². The van der Waals surface area contributed by atoms with Gasteiger partial charge in [0.2, 0.25) is 5.91 Å². The zero-order chi connectivity index (χ0) is 13.7. The number of amides is 1.